The summed E-state index contributed by atoms with van der Waals surface area (Å²) in [6, 6.07) is 0. The highest BCUT2D eigenvalue weighted by molar-refractivity contribution is 5.81. The van der Waals surface area contributed by atoms with Gasteiger partial charge in [0.1, 0.15) is 7.11 Å². The Labute approximate surface area is 151 Å². The summed E-state index contributed by atoms with van der Waals surface area (Å²) in [5.74, 6) is 1.24. The molecule has 1 fully saturated rings. The first-order valence-corrected chi connectivity index (χ1v) is 8.08. The minimum Gasteiger partial charge on any atom is -0.493 e. The van der Waals surface area contributed by atoms with Crippen molar-refractivity contribution in [1.29, 1.82) is 0 Å². The summed E-state index contributed by atoms with van der Waals surface area (Å²) < 4.78 is 7.36. The van der Waals surface area contributed by atoms with E-state index in [1.165, 1.54) is 13.3 Å². The molecule has 0 saturated heterocycles. The van der Waals surface area contributed by atoms with Gasteiger partial charge < -0.3 is 14.7 Å². The Balaban J connectivity index is 2.04. The second kappa shape index (κ2) is 7.52. The Morgan fingerprint density at radius 3 is 2.85 bits per heavy atom. The van der Waals surface area contributed by atoms with Gasteiger partial charge in [0.05, 0.1) is 24.9 Å². The highest BCUT2D eigenvalue weighted by atomic mass is 16.6. The van der Waals surface area contributed by atoms with E-state index in [0.29, 0.717) is 0 Å². The first-order valence-electron chi connectivity index (χ1n) is 8.08. The number of nitrogens with zero attached hydrogens (tertiary/aromatic N) is 3. The highest BCUT2D eigenvalue weighted by Gasteiger charge is 2.61. The van der Waals surface area contributed by atoms with Gasteiger partial charge in [0.2, 0.25) is 5.88 Å². The summed E-state index contributed by atoms with van der Waals surface area (Å²) in [5.41, 5.74) is 0.0774. The van der Waals surface area contributed by atoms with E-state index < -0.39 is 11.7 Å². The van der Waals surface area contributed by atoms with Crippen LogP contribution in [0.25, 0.3) is 0 Å². The van der Waals surface area contributed by atoms with Gasteiger partial charge in [-0.15, -0.1) is 6.42 Å². The Bertz CT molecular complexity index is 838. The van der Waals surface area contributed by atoms with Crippen LogP contribution in [0, 0.1) is 29.6 Å². The molecule has 1 saturated carbocycles. The third kappa shape index (κ3) is 3.82. The molecule has 2 rings (SSSR count). The van der Waals surface area contributed by atoms with Gasteiger partial charge in [-0.25, -0.2) is 9.36 Å². The van der Waals surface area contributed by atoms with Crippen LogP contribution in [0.2, 0.25) is 0 Å². The van der Waals surface area contributed by atoms with Gasteiger partial charge in [-0.3, -0.25) is 9.36 Å². The lowest BCUT2D eigenvalue weighted by atomic mass is 10.1. The number of imidazole rings is 1. The Hall–Kier alpha value is -2.95. The molecule has 0 bridgehead atoms. The first-order chi connectivity index (χ1) is 12.2. The van der Waals surface area contributed by atoms with Gasteiger partial charge in [0.15, 0.2) is 6.73 Å². The molecule has 8 nitrogen and oxygen atoms in total. The molecular formula is C18H23N3O5. The Morgan fingerprint density at radius 1 is 1.54 bits per heavy atom. The van der Waals surface area contributed by atoms with E-state index in [9.17, 15) is 14.7 Å². The topological polar surface area (TPSA) is 95.1 Å². The number of allylic oxidation sites excluding steroid dienone is 2. The number of hydrogen-bond donors (Lipinski definition) is 1. The predicted octanol–water partition coefficient (Wildman–Crippen LogP) is 1.34. The quantitative estimate of drug-likeness (QED) is 0.342. The number of oxime groups is 1. The maximum Gasteiger partial charge on any atom is 0.334 e. The van der Waals surface area contributed by atoms with Crippen LogP contribution in [0.1, 0.15) is 20.8 Å². The molecule has 1 aromatic heterocycles. The average Bonchev–Trinajstić information content (AvgIpc) is 3.00. The van der Waals surface area contributed by atoms with Gasteiger partial charge in [0.25, 0.3) is 0 Å². The molecule has 1 heterocycles. The number of carbonyl (C=O) groups is 1. The molecule has 0 radical (unpaired) electrons. The number of esters is 1. The van der Waals surface area contributed by atoms with Gasteiger partial charge >= 0.3 is 11.7 Å². The molecule has 1 aromatic rings. The molecule has 0 amide bonds. The summed E-state index contributed by atoms with van der Waals surface area (Å²) in [6.45, 7) is 5.46. The first kappa shape index (κ1) is 19.4. The van der Waals surface area contributed by atoms with Crippen molar-refractivity contribution in [2.24, 2.45) is 22.4 Å². The molecule has 8 heteroatoms. The molecule has 0 aromatic carbocycles. The normalized spacial score (nSPS) is 21.4. The smallest absolute Gasteiger partial charge is 0.334 e. The molecule has 1 N–H and O–H groups in total. The van der Waals surface area contributed by atoms with E-state index in [1.807, 2.05) is 26.8 Å². The van der Waals surface area contributed by atoms with E-state index in [0.717, 1.165) is 14.7 Å². The summed E-state index contributed by atoms with van der Waals surface area (Å²) in [6.07, 6.45) is 9.89. The fraction of sp³-hybridized carbons (Fsp3) is 0.500. The summed E-state index contributed by atoms with van der Waals surface area (Å²) in [7, 11) is 1.46. The van der Waals surface area contributed by atoms with Crippen LogP contribution in [-0.4, -0.2) is 33.5 Å². The van der Waals surface area contributed by atoms with Crippen molar-refractivity contribution < 1.29 is 19.5 Å². The van der Waals surface area contributed by atoms with Crippen molar-refractivity contribution in [1.82, 2.24) is 9.13 Å². The predicted molar refractivity (Wildman–Crippen MR) is 95.3 cm³/mol. The van der Waals surface area contributed by atoms with Crippen molar-refractivity contribution in [2.45, 2.75) is 34.0 Å². The minimum atomic E-state index is -0.536. The number of ether oxygens (including phenoxy) is 1. The van der Waals surface area contributed by atoms with Crippen LogP contribution < -0.4 is 5.69 Å². The molecule has 140 valence electrons. The standard InChI is InChI=1S/C18H23N3O5/c1-6-7-20-10-14(22)21(17(20)24)11-26-16(23)15-13(18(15,3)4)8-12(2)9-19-25-5/h1,8-10,13,15,22H,7,11H2,2-5H3/t13-,15+/m1/s1. The second-order valence-corrected chi connectivity index (χ2v) is 6.77. The van der Waals surface area contributed by atoms with E-state index in [4.69, 9.17) is 11.2 Å². The number of aromatic nitrogens is 2. The van der Waals surface area contributed by atoms with E-state index in [1.54, 1.807) is 6.21 Å². The molecular weight excluding hydrogens is 338 g/mol. The Kier molecular flexibility index (Phi) is 5.60. The van der Waals surface area contributed by atoms with Crippen molar-refractivity contribution in [2.75, 3.05) is 7.11 Å². The van der Waals surface area contributed by atoms with Gasteiger partial charge in [-0.05, 0) is 23.8 Å². The lowest BCUT2D eigenvalue weighted by molar-refractivity contribution is -0.150. The Morgan fingerprint density at radius 2 is 2.23 bits per heavy atom. The molecule has 0 aliphatic heterocycles. The van der Waals surface area contributed by atoms with Crippen LogP contribution >= 0.6 is 0 Å². The van der Waals surface area contributed by atoms with Gasteiger partial charge in [-0.2, -0.15) is 0 Å². The minimum absolute atomic E-state index is 0.00494. The SMILES string of the molecule is C#CCn1cc(O)n(COC(=O)[C@@H]2[C@@H](C=C(C)C=NOC)C2(C)C)c1=O. The van der Waals surface area contributed by atoms with Crippen LogP contribution in [0.5, 0.6) is 5.88 Å². The molecule has 1 aliphatic carbocycles. The van der Waals surface area contributed by atoms with E-state index >= 15 is 0 Å². The van der Waals surface area contributed by atoms with Crippen LogP contribution in [0.15, 0.2) is 27.8 Å². The molecule has 1 aliphatic rings. The number of rotatable bonds is 7. The zero-order valence-electron chi connectivity index (χ0n) is 15.3. The summed E-state index contributed by atoms with van der Waals surface area (Å²) in [5, 5.41) is 13.5. The third-order valence-corrected chi connectivity index (χ3v) is 4.59. The number of carbonyl (C=O) groups excluding carboxylic acids is 1. The van der Waals surface area contributed by atoms with Crippen LogP contribution in [-0.2, 0) is 27.6 Å². The van der Waals surface area contributed by atoms with E-state index in [-0.39, 0.29) is 36.4 Å². The fourth-order valence-electron chi connectivity index (χ4n) is 2.97. The van der Waals surface area contributed by atoms with Crippen LogP contribution in [0.3, 0.4) is 0 Å². The summed E-state index contributed by atoms with van der Waals surface area (Å²) in [4.78, 5) is 29.1. The average molecular weight is 361 g/mol. The monoisotopic (exact) mass is 361 g/mol. The summed E-state index contributed by atoms with van der Waals surface area (Å²) >= 11 is 0. The van der Waals surface area contributed by atoms with Crippen molar-refractivity contribution in [3.8, 4) is 18.2 Å². The lowest BCUT2D eigenvalue weighted by Crippen LogP contribution is -2.26. The number of aromatic hydroxyl groups is 1. The maximum atomic E-state index is 12.4. The van der Waals surface area contributed by atoms with Gasteiger partial charge in [-0.1, -0.05) is 31.0 Å². The van der Waals surface area contributed by atoms with Crippen molar-refractivity contribution >= 4 is 12.2 Å². The molecule has 0 spiro atoms. The third-order valence-electron chi connectivity index (χ3n) is 4.59. The van der Waals surface area contributed by atoms with Crippen LogP contribution in [0.4, 0.5) is 0 Å². The number of terminal acetylenes is 1. The van der Waals surface area contributed by atoms with Gasteiger partial charge in [0, 0.05) is 0 Å². The molecule has 2 atom stereocenters. The number of hydrogen-bond acceptors (Lipinski definition) is 6. The van der Waals surface area contributed by atoms with Crippen molar-refractivity contribution in [3.05, 3.63) is 28.3 Å². The maximum absolute atomic E-state index is 12.4. The molecule has 0 unspecified atom stereocenters. The zero-order chi connectivity index (χ0) is 19.5. The van der Waals surface area contributed by atoms with Crippen molar-refractivity contribution in [3.63, 3.8) is 0 Å². The lowest BCUT2D eigenvalue weighted by Gasteiger charge is -2.06. The zero-order valence-corrected chi connectivity index (χ0v) is 15.3. The fourth-order valence-corrected chi connectivity index (χ4v) is 2.97. The second-order valence-electron chi connectivity index (χ2n) is 6.77. The molecule has 26 heavy (non-hydrogen) atoms. The van der Waals surface area contributed by atoms with E-state index in [2.05, 4.69) is 15.9 Å². The highest BCUT2D eigenvalue weighted by Crippen LogP contribution is 2.59. The largest absolute Gasteiger partial charge is 0.493 e.